The standard InChI is InChI=1S/C13H17N3O2.C4H10.CH4/c1-3-7-11-12(10(2)16(17)18)15-13(14-11)8-5-4-6-9-13;1-4(2)3;/h3,7H,2,4-6,8-9H2,1H3;4H,1-3H3;1H4/b7-3-;;. The number of allylic oxidation sites excluding steroid dienone is 3. The molecule has 0 unspecified atom stereocenters. The van der Waals surface area contributed by atoms with Crippen molar-refractivity contribution in [1.82, 2.24) is 0 Å². The van der Waals surface area contributed by atoms with Gasteiger partial charge in [0.2, 0.25) is 0 Å². The lowest BCUT2D eigenvalue weighted by molar-refractivity contribution is -0.414. The zero-order valence-electron chi connectivity index (χ0n) is 14.1. The van der Waals surface area contributed by atoms with Gasteiger partial charge in [-0.05, 0) is 51.2 Å². The normalized spacial score (nSPS) is 18.8. The predicted octanol–water partition coefficient (Wildman–Crippen LogP) is 5.21. The van der Waals surface area contributed by atoms with Gasteiger partial charge in [0.25, 0.3) is 5.70 Å². The van der Waals surface area contributed by atoms with Crippen LogP contribution in [0.25, 0.3) is 0 Å². The van der Waals surface area contributed by atoms with Gasteiger partial charge in [-0.3, -0.25) is 15.1 Å². The molecule has 130 valence electrons. The number of nitro groups is 1. The largest absolute Gasteiger partial charge is 0.289 e. The lowest BCUT2D eigenvalue weighted by Crippen LogP contribution is -2.25. The van der Waals surface area contributed by atoms with Gasteiger partial charge in [-0.25, -0.2) is 4.99 Å². The molecule has 0 bridgehead atoms. The van der Waals surface area contributed by atoms with E-state index in [4.69, 9.17) is 0 Å². The molecular formula is C18H31N3O2. The summed E-state index contributed by atoms with van der Waals surface area (Å²) in [4.78, 5) is 19.5. The molecule has 1 spiro atoms. The predicted molar refractivity (Wildman–Crippen MR) is 98.9 cm³/mol. The first-order chi connectivity index (χ1) is 10.3. The maximum absolute atomic E-state index is 10.9. The maximum Gasteiger partial charge on any atom is 0.289 e. The molecule has 1 aliphatic heterocycles. The molecule has 0 aromatic carbocycles. The van der Waals surface area contributed by atoms with Gasteiger partial charge in [0, 0.05) is 0 Å². The van der Waals surface area contributed by atoms with Gasteiger partial charge in [0.15, 0.2) is 11.4 Å². The Labute approximate surface area is 140 Å². The summed E-state index contributed by atoms with van der Waals surface area (Å²) in [6, 6.07) is 0. The molecule has 0 saturated heterocycles. The van der Waals surface area contributed by atoms with Crippen LogP contribution in [0.15, 0.2) is 34.4 Å². The third-order valence-corrected chi connectivity index (χ3v) is 3.36. The number of rotatable bonds is 3. The summed E-state index contributed by atoms with van der Waals surface area (Å²) in [5.41, 5.74) is 0.330. The van der Waals surface area contributed by atoms with Gasteiger partial charge in [-0.1, -0.05) is 40.7 Å². The molecule has 0 radical (unpaired) electrons. The molecule has 2 aliphatic rings. The van der Waals surface area contributed by atoms with Crippen molar-refractivity contribution in [2.45, 2.75) is 72.9 Å². The van der Waals surface area contributed by atoms with E-state index in [1.165, 1.54) is 6.42 Å². The molecule has 5 heteroatoms. The van der Waals surface area contributed by atoms with E-state index >= 15 is 0 Å². The van der Waals surface area contributed by atoms with E-state index in [0.717, 1.165) is 31.6 Å². The highest BCUT2D eigenvalue weighted by Gasteiger charge is 2.39. The van der Waals surface area contributed by atoms with E-state index in [1.54, 1.807) is 6.08 Å². The average molecular weight is 321 g/mol. The quantitative estimate of drug-likeness (QED) is 0.529. The number of nitrogens with zero attached hydrogens (tertiary/aromatic N) is 3. The van der Waals surface area contributed by atoms with Crippen LogP contribution in [0.4, 0.5) is 0 Å². The molecule has 1 fully saturated rings. The van der Waals surface area contributed by atoms with Crippen LogP contribution in [0.5, 0.6) is 0 Å². The number of hydrogen-bond donors (Lipinski definition) is 0. The SMILES string of the molecule is C.C=C(C1=NC2(CCCCC2)N=C1/C=C\C)[N+](=O)[O-].CC(C)C. The van der Waals surface area contributed by atoms with Crippen molar-refractivity contribution in [1.29, 1.82) is 0 Å². The first kappa shape index (κ1) is 21.2. The first-order valence-corrected chi connectivity index (χ1v) is 7.98. The van der Waals surface area contributed by atoms with Gasteiger partial charge in [0.05, 0.1) is 10.6 Å². The highest BCUT2D eigenvalue weighted by Crippen LogP contribution is 2.37. The maximum atomic E-state index is 10.9. The highest BCUT2D eigenvalue weighted by molar-refractivity contribution is 6.52. The van der Waals surface area contributed by atoms with E-state index in [0.29, 0.717) is 11.4 Å². The lowest BCUT2D eigenvalue weighted by atomic mass is 9.90. The molecule has 1 heterocycles. The zero-order chi connectivity index (χ0) is 16.8. The summed E-state index contributed by atoms with van der Waals surface area (Å²) < 4.78 is 0. The Hall–Kier alpha value is -1.78. The average Bonchev–Trinajstić information content (AvgIpc) is 2.76. The fourth-order valence-electron chi connectivity index (χ4n) is 2.48. The summed E-state index contributed by atoms with van der Waals surface area (Å²) in [5.74, 6) is 0.833. The molecule has 2 rings (SSSR count). The Kier molecular flexibility index (Phi) is 8.65. The first-order valence-electron chi connectivity index (χ1n) is 7.98. The Morgan fingerprint density at radius 2 is 1.78 bits per heavy atom. The van der Waals surface area contributed by atoms with Gasteiger partial charge >= 0.3 is 0 Å². The van der Waals surface area contributed by atoms with Crippen LogP contribution in [0.3, 0.4) is 0 Å². The van der Waals surface area contributed by atoms with E-state index in [1.807, 2.05) is 13.0 Å². The van der Waals surface area contributed by atoms with Crippen molar-refractivity contribution in [3.63, 3.8) is 0 Å². The fraction of sp³-hybridized carbons (Fsp3) is 0.667. The lowest BCUT2D eigenvalue weighted by Gasteiger charge is -2.27. The fourth-order valence-corrected chi connectivity index (χ4v) is 2.48. The van der Waals surface area contributed by atoms with Gasteiger partial charge < -0.3 is 0 Å². The topological polar surface area (TPSA) is 67.9 Å². The Morgan fingerprint density at radius 1 is 1.26 bits per heavy atom. The van der Waals surface area contributed by atoms with Crippen molar-refractivity contribution in [3.05, 3.63) is 34.5 Å². The van der Waals surface area contributed by atoms with Gasteiger partial charge in [-0.15, -0.1) is 0 Å². The second kappa shape index (κ2) is 9.38. The van der Waals surface area contributed by atoms with E-state index in [9.17, 15) is 10.1 Å². The van der Waals surface area contributed by atoms with Crippen LogP contribution >= 0.6 is 0 Å². The summed E-state index contributed by atoms with van der Waals surface area (Å²) in [7, 11) is 0. The number of aliphatic imine (C=N–C) groups is 2. The summed E-state index contributed by atoms with van der Waals surface area (Å²) in [6.07, 6.45) is 8.70. The van der Waals surface area contributed by atoms with Crippen LogP contribution in [0, 0.1) is 16.0 Å². The molecule has 0 N–H and O–H groups in total. The Balaban J connectivity index is 0.000000871. The van der Waals surface area contributed by atoms with Crippen molar-refractivity contribution < 1.29 is 4.92 Å². The molecule has 5 nitrogen and oxygen atoms in total. The van der Waals surface area contributed by atoms with E-state index in [2.05, 4.69) is 37.3 Å². The van der Waals surface area contributed by atoms with Crippen molar-refractivity contribution in [2.24, 2.45) is 15.9 Å². The molecule has 0 aromatic heterocycles. The van der Waals surface area contributed by atoms with Gasteiger partial charge in [0.1, 0.15) is 0 Å². The molecule has 0 atom stereocenters. The van der Waals surface area contributed by atoms with Crippen LogP contribution in [-0.2, 0) is 0 Å². The van der Waals surface area contributed by atoms with Crippen molar-refractivity contribution in [3.8, 4) is 0 Å². The van der Waals surface area contributed by atoms with Crippen molar-refractivity contribution in [2.75, 3.05) is 0 Å². The zero-order valence-corrected chi connectivity index (χ0v) is 14.1. The second-order valence-electron chi connectivity index (χ2n) is 6.44. The minimum Gasteiger partial charge on any atom is -0.258 e. The molecule has 23 heavy (non-hydrogen) atoms. The summed E-state index contributed by atoms with van der Waals surface area (Å²) in [5, 5.41) is 10.9. The number of hydrogen-bond acceptors (Lipinski definition) is 4. The highest BCUT2D eigenvalue weighted by atomic mass is 16.6. The van der Waals surface area contributed by atoms with Crippen molar-refractivity contribution >= 4 is 11.4 Å². The second-order valence-corrected chi connectivity index (χ2v) is 6.44. The van der Waals surface area contributed by atoms with Crippen LogP contribution in [-0.4, -0.2) is 22.0 Å². The molecular weight excluding hydrogens is 290 g/mol. The summed E-state index contributed by atoms with van der Waals surface area (Å²) in [6.45, 7) is 11.9. The third kappa shape index (κ3) is 6.08. The molecule has 0 aromatic rings. The summed E-state index contributed by atoms with van der Waals surface area (Å²) >= 11 is 0. The smallest absolute Gasteiger partial charge is 0.258 e. The van der Waals surface area contributed by atoms with Crippen LogP contribution < -0.4 is 0 Å². The van der Waals surface area contributed by atoms with E-state index < -0.39 is 10.6 Å². The molecule has 1 aliphatic carbocycles. The Morgan fingerprint density at radius 3 is 2.22 bits per heavy atom. The van der Waals surface area contributed by atoms with Crippen LogP contribution in [0.1, 0.15) is 67.2 Å². The Bertz CT molecular complexity index is 508. The van der Waals surface area contributed by atoms with Gasteiger partial charge in [-0.2, -0.15) is 0 Å². The molecule has 1 saturated carbocycles. The van der Waals surface area contributed by atoms with Crippen LogP contribution in [0.2, 0.25) is 0 Å². The molecule has 0 amide bonds. The monoisotopic (exact) mass is 321 g/mol. The van der Waals surface area contributed by atoms with E-state index in [-0.39, 0.29) is 13.1 Å². The minimum absolute atomic E-state index is 0. The third-order valence-electron chi connectivity index (χ3n) is 3.36. The minimum atomic E-state index is -0.486.